The summed E-state index contributed by atoms with van der Waals surface area (Å²) >= 11 is 0. The zero-order valence-corrected chi connectivity index (χ0v) is 19.1. The molecule has 186 valence electrons. The fraction of sp³-hybridized carbons (Fsp3) is 0.636. The molecule has 2 saturated carbocycles. The minimum atomic E-state index is -2.70. The Hall–Kier alpha value is -2.70. The van der Waals surface area contributed by atoms with E-state index >= 15 is 0 Å². The molecule has 2 fully saturated rings. The number of aromatic nitrogens is 4. The second-order valence-corrected chi connectivity index (χ2v) is 8.96. The van der Waals surface area contributed by atoms with E-state index < -0.39 is 24.2 Å². The number of aliphatic carboxylic acids is 1. The molecule has 0 spiro atoms. The molecule has 0 aromatic carbocycles. The Morgan fingerprint density at radius 1 is 1.38 bits per heavy atom. The van der Waals surface area contributed by atoms with Crippen molar-refractivity contribution < 1.29 is 33.3 Å². The van der Waals surface area contributed by atoms with Crippen LogP contribution in [0.4, 0.5) is 8.78 Å². The van der Waals surface area contributed by atoms with Gasteiger partial charge in [-0.2, -0.15) is 0 Å². The van der Waals surface area contributed by atoms with E-state index in [9.17, 15) is 23.8 Å². The Balaban J connectivity index is 1.38. The molecule has 2 aromatic rings. The van der Waals surface area contributed by atoms with Gasteiger partial charge in [0.05, 0.1) is 41.6 Å². The number of hydrogen-bond donors (Lipinski definition) is 3. The molecule has 34 heavy (non-hydrogen) atoms. The first-order valence-corrected chi connectivity index (χ1v) is 11.3. The van der Waals surface area contributed by atoms with Crippen molar-refractivity contribution in [3.8, 4) is 17.1 Å². The van der Waals surface area contributed by atoms with Crippen LogP contribution in [0.5, 0.6) is 5.75 Å². The zero-order valence-electron chi connectivity index (χ0n) is 19.1. The van der Waals surface area contributed by atoms with Gasteiger partial charge < -0.3 is 19.7 Å². The van der Waals surface area contributed by atoms with Crippen molar-refractivity contribution in [2.75, 3.05) is 6.61 Å². The third-order valence-corrected chi connectivity index (χ3v) is 6.35. The molecular weight excluding hydrogens is 452 g/mol. The predicted octanol–water partition coefficient (Wildman–Crippen LogP) is 2.25. The van der Waals surface area contributed by atoms with Gasteiger partial charge in [0.15, 0.2) is 0 Å². The first-order chi connectivity index (χ1) is 16.1. The summed E-state index contributed by atoms with van der Waals surface area (Å²) in [7, 11) is 1.69. The van der Waals surface area contributed by atoms with E-state index in [0.29, 0.717) is 41.4 Å². The quantitative estimate of drug-likeness (QED) is 0.437. The van der Waals surface area contributed by atoms with Crippen LogP contribution in [0.15, 0.2) is 12.1 Å². The molecule has 4 rings (SSSR count). The standard InChI is InChI=1S/C22H29F2N5O5/c1-12-18(34-15-5-3-4-13(8-15)20(30)31)7-6-16(26-12)19-17(29(2)28-27-19)10-25-21(32)33-11-14-9-22(14,23)24/h6-7,13-15,21,25,32H,3-5,8-11H2,1-2H3,(H,30,31)/t13-,14?,15-,21?/m0/s1. The lowest BCUT2D eigenvalue weighted by molar-refractivity contribution is -0.143. The maximum atomic E-state index is 12.9. The van der Waals surface area contributed by atoms with Crippen LogP contribution >= 0.6 is 0 Å². The van der Waals surface area contributed by atoms with Crippen LogP contribution in [0, 0.1) is 18.8 Å². The van der Waals surface area contributed by atoms with Crippen LogP contribution in [0.2, 0.25) is 0 Å². The van der Waals surface area contributed by atoms with E-state index in [4.69, 9.17) is 9.47 Å². The molecule has 10 nitrogen and oxygen atoms in total. The van der Waals surface area contributed by atoms with E-state index in [1.165, 1.54) is 4.68 Å². The van der Waals surface area contributed by atoms with Crippen LogP contribution in [0.3, 0.4) is 0 Å². The first-order valence-electron chi connectivity index (χ1n) is 11.3. The molecule has 2 aliphatic carbocycles. The Morgan fingerprint density at radius 3 is 2.82 bits per heavy atom. The Kier molecular flexibility index (Phi) is 7.10. The predicted molar refractivity (Wildman–Crippen MR) is 115 cm³/mol. The molecule has 4 atom stereocenters. The molecular formula is C22H29F2N5O5. The van der Waals surface area contributed by atoms with Gasteiger partial charge in [0.1, 0.15) is 11.4 Å². The summed E-state index contributed by atoms with van der Waals surface area (Å²) in [6.07, 6.45) is 0.945. The van der Waals surface area contributed by atoms with Crippen molar-refractivity contribution in [2.45, 2.75) is 64.0 Å². The van der Waals surface area contributed by atoms with Gasteiger partial charge in [-0.05, 0) is 44.7 Å². The minimum absolute atomic E-state index is 0.124. The number of aliphatic hydroxyl groups is 1. The van der Waals surface area contributed by atoms with Crippen LogP contribution in [0.25, 0.3) is 11.4 Å². The van der Waals surface area contributed by atoms with Gasteiger partial charge in [-0.3, -0.25) is 14.8 Å². The van der Waals surface area contributed by atoms with E-state index in [2.05, 4.69) is 20.6 Å². The fourth-order valence-corrected chi connectivity index (χ4v) is 4.14. The molecule has 2 aliphatic rings. The molecule has 0 saturated heterocycles. The molecule has 0 bridgehead atoms. The van der Waals surface area contributed by atoms with Crippen molar-refractivity contribution in [1.82, 2.24) is 25.3 Å². The second-order valence-electron chi connectivity index (χ2n) is 8.96. The van der Waals surface area contributed by atoms with E-state index in [1.807, 2.05) is 0 Å². The highest BCUT2D eigenvalue weighted by Crippen LogP contribution is 2.48. The van der Waals surface area contributed by atoms with Crippen LogP contribution in [-0.4, -0.2) is 61.2 Å². The van der Waals surface area contributed by atoms with Gasteiger partial charge >= 0.3 is 5.97 Å². The summed E-state index contributed by atoms with van der Waals surface area (Å²) < 4.78 is 38.5. The molecule has 2 aromatic heterocycles. The third kappa shape index (κ3) is 5.68. The summed E-state index contributed by atoms with van der Waals surface area (Å²) in [5.74, 6) is -4.14. The summed E-state index contributed by atoms with van der Waals surface area (Å²) in [6.45, 7) is 1.70. The van der Waals surface area contributed by atoms with Gasteiger partial charge in [-0.15, -0.1) is 5.10 Å². The molecule has 0 radical (unpaired) electrons. The van der Waals surface area contributed by atoms with Crippen molar-refractivity contribution >= 4 is 5.97 Å². The van der Waals surface area contributed by atoms with Crippen LogP contribution < -0.4 is 10.1 Å². The van der Waals surface area contributed by atoms with Crippen LogP contribution in [-0.2, 0) is 23.1 Å². The number of carboxylic acids is 1. The maximum absolute atomic E-state index is 12.9. The Labute approximate surface area is 195 Å². The highest BCUT2D eigenvalue weighted by molar-refractivity contribution is 5.70. The topological polar surface area (TPSA) is 132 Å². The van der Waals surface area contributed by atoms with Gasteiger partial charge in [0.2, 0.25) is 6.41 Å². The Morgan fingerprint density at radius 2 is 2.15 bits per heavy atom. The average molecular weight is 482 g/mol. The largest absolute Gasteiger partial charge is 0.489 e. The van der Waals surface area contributed by atoms with E-state index in [1.54, 1.807) is 26.1 Å². The highest BCUT2D eigenvalue weighted by atomic mass is 19.3. The highest BCUT2D eigenvalue weighted by Gasteiger charge is 2.56. The number of alkyl halides is 2. The number of halogens is 2. The van der Waals surface area contributed by atoms with Crippen molar-refractivity contribution in [2.24, 2.45) is 18.9 Å². The maximum Gasteiger partial charge on any atom is 0.306 e. The number of nitrogens with zero attached hydrogens (tertiary/aromatic N) is 4. The number of hydrogen-bond acceptors (Lipinski definition) is 8. The molecule has 0 amide bonds. The number of aryl methyl sites for hydroxylation is 2. The summed E-state index contributed by atoms with van der Waals surface area (Å²) in [6, 6.07) is 3.52. The van der Waals surface area contributed by atoms with Crippen molar-refractivity contribution in [3.63, 3.8) is 0 Å². The summed E-state index contributed by atoms with van der Waals surface area (Å²) in [5, 5.41) is 30.1. The summed E-state index contributed by atoms with van der Waals surface area (Å²) in [4.78, 5) is 15.9. The molecule has 3 N–H and O–H groups in total. The number of nitrogens with one attached hydrogen (secondary N) is 1. The van der Waals surface area contributed by atoms with Crippen LogP contribution in [0.1, 0.15) is 43.5 Å². The van der Waals surface area contributed by atoms with Gasteiger partial charge in [-0.25, -0.2) is 13.8 Å². The van der Waals surface area contributed by atoms with Gasteiger partial charge in [0.25, 0.3) is 5.92 Å². The number of rotatable bonds is 10. The number of carboxylic acid groups (broad SMARTS) is 1. The van der Waals surface area contributed by atoms with Gasteiger partial charge in [0, 0.05) is 20.0 Å². The fourth-order valence-electron chi connectivity index (χ4n) is 4.14. The molecule has 0 aliphatic heterocycles. The average Bonchev–Trinajstić information content (AvgIpc) is 3.24. The van der Waals surface area contributed by atoms with E-state index in [-0.39, 0.29) is 31.6 Å². The number of ether oxygens (including phenoxy) is 2. The smallest absolute Gasteiger partial charge is 0.306 e. The normalized spacial score (nSPS) is 24.6. The lowest BCUT2D eigenvalue weighted by atomic mass is 9.87. The van der Waals surface area contributed by atoms with E-state index in [0.717, 1.165) is 12.8 Å². The van der Waals surface area contributed by atoms with Crippen molar-refractivity contribution in [3.05, 3.63) is 23.5 Å². The lowest BCUT2D eigenvalue weighted by Crippen LogP contribution is -2.32. The minimum Gasteiger partial charge on any atom is -0.489 e. The second kappa shape index (κ2) is 9.88. The first kappa shape index (κ1) is 24.4. The number of aliphatic hydroxyl groups excluding tert-OH is 1. The van der Waals surface area contributed by atoms with Gasteiger partial charge in [-0.1, -0.05) is 5.21 Å². The lowest BCUT2D eigenvalue weighted by Gasteiger charge is -2.27. The summed E-state index contributed by atoms with van der Waals surface area (Å²) in [5.41, 5.74) is 2.30. The van der Waals surface area contributed by atoms with Crippen molar-refractivity contribution in [1.29, 1.82) is 0 Å². The molecule has 12 heteroatoms. The SMILES string of the molecule is Cc1nc(-c2nnn(C)c2CNC(O)OCC2CC2(F)F)ccc1O[C@H]1CCC[C@H](C(=O)O)C1. The third-order valence-electron chi connectivity index (χ3n) is 6.35. The number of pyridine rings is 1. The monoisotopic (exact) mass is 481 g/mol. The zero-order chi connectivity index (χ0) is 24.5. The molecule has 2 heterocycles. The molecule has 2 unspecified atom stereocenters. The number of carbonyl (C=O) groups is 1. The Bertz CT molecular complexity index is 1030.